The number of halogens is 1. The van der Waals surface area contributed by atoms with E-state index in [4.69, 9.17) is 10.5 Å². The fraction of sp³-hybridized carbons (Fsp3) is 0.100. The van der Waals surface area contributed by atoms with Crippen LogP contribution < -0.4 is 10.5 Å². The van der Waals surface area contributed by atoms with Gasteiger partial charge in [0.1, 0.15) is 5.75 Å². The monoisotopic (exact) mass is 267 g/mol. The van der Waals surface area contributed by atoms with Crippen molar-refractivity contribution in [3.63, 3.8) is 0 Å². The normalized spacial score (nSPS) is 10.3. The van der Waals surface area contributed by atoms with Gasteiger partial charge in [0, 0.05) is 18.5 Å². The van der Waals surface area contributed by atoms with Crippen LogP contribution in [0.2, 0.25) is 0 Å². The Balaban J connectivity index is 2.51. The van der Waals surface area contributed by atoms with Gasteiger partial charge in [0.2, 0.25) is 5.95 Å². The van der Waals surface area contributed by atoms with Crippen molar-refractivity contribution in [3.05, 3.63) is 35.1 Å². The molecule has 0 radical (unpaired) electrons. The molecule has 0 aliphatic heterocycles. The number of nitrogens with zero attached hydrogens (tertiary/aromatic N) is 2. The fourth-order valence-corrected chi connectivity index (χ4v) is 1.74. The molecule has 15 heavy (non-hydrogen) atoms. The number of ether oxygens (including phenoxy) is 1. The molecule has 5 heteroatoms. The van der Waals surface area contributed by atoms with Crippen molar-refractivity contribution in [2.75, 3.05) is 12.8 Å². The highest BCUT2D eigenvalue weighted by Gasteiger charge is 2.05. The van der Waals surface area contributed by atoms with Gasteiger partial charge in [0.25, 0.3) is 0 Å². The number of hydrogen-bond acceptors (Lipinski definition) is 3. The quantitative estimate of drug-likeness (QED) is 0.908. The zero-order valence-corrected chi connectivity index (χ0v) is 9.73. The zero-order valence-electron chi connectivity index (χ0n) is 8.14. The Morgan fingerprint density at radius 2 is 2.27 bits per heavy atom. The Bertz CT molecular complexity index is 481. The fourth-order valence-electron chi connectivity index (χ4n) is 1.33. The summed E-state index contributed by atoms with van der Waals surface area (Å²) in [6.45, 7) is 0. The summed E-state index contributed by atoms with van der Waals surface area (Å²) in [6, 6.07) is 5.74. The van der Waals surface area contributed by atoms with Crippen LogP contribution >= 0.6 is 15.9 Å². The first-order chi connectivity index (χ1) is 7.22. The van der Waals surface area contributed by atoms with E-state index in [0.717, 1.165) is 15.9 Å². The van der Waals surface area contributed by atoms with Gasteiger partial charge in [-0.2, -0.15) is 0 Å². The minimum absolute atomic E-state index is 0.458. The molecule has 1 aromatic heterocycles. The molecule has 4 nitrogen and oxygen atoms in total. The van der Waals surface area contributed by atoms with Gasteiger partial charge < -0.3 is 10.5 Å². The maximum atomic E-state index is 5.70. The molecule has 2 N–H and O–H groups in total. The van der Waals surface area contributed by atoms with Gasteiger partial charge >= 0.3 is 0 Å². The number of benzene rings is 1. The molecule has 2 rings (SSSR count). The van der Waals surface area contributed by atoms with Crippen molar-refractivity contribution in [2.24, 2.45) is 0 Å². The Hall–Kier alpha value is -1.49. The summed E-state index contributed by atoms with van der Waals surface area (Å²) in [5.41, 5.74) is 6.62. The maximum absolute atomic E-state index is 5.70. The molecular formula is C10H10BrN3O. The standard InChI is InChI=1S/C10H10BrN3O/c1-15-9-6-7(2-3-8(9)11)14-5-4-13-10(14)12/h2-6H,1H3,(H2,12,13). The first-order valence-electron chi connectivity index (χ1n) is 4.35. The third-order valence-corrected chi connectivity index (χ3v) is 2.74. The highest BCUT2D eigenvalue weighted by Crippen LogP contribution is 2.27. The maximum Gasteiger partial charge on any atom is 0.204 e. The lowest BCUT2D eigenvalue weighted by molar-refractivity contribution is 0.412. The molecule has 0 atom stereocenters. The second kappa shape index (κ2) is 3.94. The van der Waals surface area contributed by atoms with E-state index < -0.39 is 0 Å². The zero-order chi connectivity index (χ0) is 10.8. The predicted molar refractivity (Wildman–Crippen MR) is 62.2 cm³/mol. The molecule has 2 aromatic rings. The van der Waals surface area contributed by atoms with Crippen LogP contribution in [-0.4, -0.2) is 16.7 Å². The van der Waals surface area contributed by atoms with Crippen molar-refractivity contribution in [1.29, 1.82) is 0 Å². The third-order valence-electron chi connectivity index (χ3n) is 2.08. The Labute approximate surface area is 95.8 Å². The van der Waals surface area contributed by atoms with E-state index in [1.165, 1.54) is 0 Å². The lowest BCUT2D eigenvalue weighted by Gasteiger charge is -2.08. The number of methoxy groups -OCH3 is 1. The number of rotatable bonds is 2. The number of nitrogen functional groups attached to an aromatic ring is 1. The molecule has 0 unspecified atom stereocenters. The SMILES string of the molecule is COc1cc(-n2ccnc2N)ccc1Br. The van der Waals surface area contributed by atoms with Gasteiger partial charge in [-0.15, -0.1) is 0 Å². The molecule has 0 fully saturated rings. The Morgan fingerprint density at radius 1 is 1.47 bits per heavy atom. The minimum Gasteiger partial charge on any atom is -0.495 e. The van der Waals surface area contributed by atoms with Gasteiger partial charge in [-0.1, -0.05) is 0 Å². The second-order valence-electron chi connectivity index (χ2n) is 2.97. The second-order valence-corrected chi connectivity index (χ2v) is 3.83. The van der Waals surface area contributed by atoms with Crippen molar-refractivity contribution in [1.82, 2.24) is 9.55 Å². The average molecular weight is 268 g/mol. The average Bonchev–Trinajstić information content (AvgIpc) is 2.65. The van der Waals surface area contributed by atoms with Crippen LogP contribution in [0, 0.1) is 0 Å². The molecule has 0 spiro atoms. The number of anilines is 1. The Morgan fingerprint density at radius 3 is 2.87 bits per heavy atom. The van der Waals surface area contributed by atoms with E-state index >= 15 is 0 Å². The van der Waals surface area contributed by atoms with Crippen molar-refractivity contribution in [3.8, 4) is 11.4 Å². The number of aromatic nitrogens is 2. The van der Waals surface area contributed by atoms with Gasteiger partial charge in [-0.25, -0.2) is 4.98 Å². The van der Waals surface area contributed by atoms with E-state index in [0.29, 0.717) is 5.95 Å². The smallest absolute Gasteiger partial charge is 0.204 e. The molecule has 0 saturated heterocycles. The van der Waals surface area contributed by atoms with Gasteiger partial charge in [-0.3, -0.25) is 4.57 Å². The summed E-state index contributed by atoms with van der Waals surface area (Å²) in [6.07, 6.45) is 3.46. The summed E-state index contributed by atoms with van der Waals surface area (Å²) in [5.74, 6) is 1.22. The van der Waals surface area contributed by atoms with Crippen molar-refractivity contribution < 1.29 is 4.74 Å². The highest BCUT2D eigenvalue weighted by atomic mass is 79.9. The number of hydrogen-bond donors (Lipinski definition) is 1. The molecule has 0 amide bonds. The van der Waals surface area contributed by atoms with Crippen LogP contribution in [0.4, 0.5) is 5.95 Å². The van der Waals surface area contributed by atoms with E-state index in [1.54, 1.807) is 24.1 Å². The van der Waals surface area contributed by atoms with Crippen LogP contribution in [0.25, 0.3) is 5.69 Å². The molecule has 0 aliphatic carbocycles. The summed E-state index contributed by atoms with van der Waals surface area (Å²) in [4.78, 5) is 3.96. The highest BCUT2D eigenvalue weighted by molar-refractivity contribution is 9.10. The van der Waals surface area contributed by atoms with E-state index in [2.05, 4.69) is 20.9 Å². The lowest BCUT2D eigenvalue weighted by Crippen LogP contribution is -2.00. The van der Waals surface area contributed by atoms with Crippen molar-refractivity contribution >= 4 is 21.9 Å². The number of imidazole rings is 1. The molecule has 1 heterocycles. The number of nitrogens with two attached hydrogens (primary N) is 1. The van der Waals surface area contributed by atoms with Crippen LogP contribution in [0.3, 0.4) is 0 Å². The topological polar surface area (TPSA) is 53.1 Å². The van der Waals surface area contributed by atoms with E-state index in [9.17, 15) is 0 Å². The van der Waals surface area contributed by atoms with Crippen LogP contribution in [0.5, 0.6) is 5.75 Å². The van der Waals surface area contributed by atoms with E-state index in [1.807, 2.05) is 18.2 Å². The third kappa shape index (κ3) is 1.83. The minimum atomic E-state index is 0.458. The molecule has 0 bridgehead atoms. The molecule has 0 aliphatic rings. The first kappa shape index (κ1) is 10.0. The largest absolute Gasteiger partial charge is 0.495 e. The summed E-state index contributed by atoms with van der Waals surface area (Å²) in [5, 5.41) is 0. The summed E-state index contributed by atoms with van der Waals surface area (Å²) < 4.78 is 7.90. The first-order valence-corrected chi connectivity index (χ1v) is 5.14. The summed E-state index contributed by atoms with van der Waals surface area (Å²) >= 11 is 3.39. The van der Waals surface area contributed by atoms with Gasteiger partial charge in [0.15, 0.2) is 0 Å². The molecule has 1 aromatic carbocycles. The van der Waals surface area contributed by atoms with Gasteiger partial charge in [-0.05, 0) is 28.1 Å². The molecule has 0 saturated carbocycles. The van der Waals surface area contributed by atoms with Crippen LogP contribution in [-0.2, 0) is 0 Å². The molecular weight excluding hydrogens is 258 g/mol. The summed E-state index contributed by atoms with van der Waals surface area (Å²) in [7, 11) is 1.63. The van der Waals surface area contributed by atoms with Gasteiger partial charge in [0.05, 0.1) is 17.3 Å². The molecule has 78 valence electrons. The van der Waals surface area contributed by atoms with Crippen LogP contribution in [0.1, 0.15) is 0 Å². The van der Waals surface area contributed by atoms with Crippen molar-refractivity contribution in [2.45, 2.75) is 0 Å². The lowest BCUT2D eigenvalue weighted by atomic mass is 10.3. The van der Waals surface area contributed by atoms with E-state index in [-0.39, 0.29) is 0 Å². The predicted octanol–water partition coefficient (Wildman–Crippen LogP) is 2.23. The Kier molecular flexibility index (Phi) is 2.64. The van der Waals surface area contributed by atoms with Crippen LogP contribution in [0.15, 0.2) is 35.1 Å².